The van der Waals surface area contributed by atoms with Crippen LogP contribution in [0.1, 0.15) is 58.3 Å². The van der Waals surface area contributed by atoms with Crippen molar-refractivity contribution in [2.24, 2.45) is 0 Å². The van der Waals surface area contributed by atoms with Crippen LogP contribution >= 0.6 is 0 Å². The molecule has 2 unspecified atom stereocenters. The summed E-state index contributed by atoms with van der Waals surface area (Å²) in [4.78, 5) is 23.7. The van der Waals surface area contributed by atoms with Gasteiger partial charge < -0.3 is 21.3 Å². The van der Waals surface area contributed by atoms with E-state index in [1.54, 1.807) is 6.92 Å². The molecule has 4 N–H and O–H groups in total. The van der Waals surface area contributed by atoms with E-state index in [4.69, 9.17) is 0 Å². The number of Topliss-reactive ketones (excluding diaryl/α,β-unsaturated/α-hetero) is 1. The number of hydrogen-bond acceptors (Lipinski definition) is 5. The van der Waals surface area contributed by atoms with Crippen LogP contribution in [-0.2, 0) is 9.59 Å². The molecule has 0 aliphatic carbocycles. The van der Waals surface area contributed by atoms with Crippen LogP contribution in [0.3, 0.4) is 0 Å². The lowest BCUT2D eigenvalue weighted by molar-refractivity contribution is -0.123. The molecule has 0 heterocycles. The number of unbranched alkanes of at least 4 members (excludes halogenated alkanes) is 2. The largest absolute Gasteiger partial charge is 0.353 e. The Morgan fingerprint density at radius 1 is 0.792 bits per heavy atom. The summed E-state index contributed by atoms with van der Waals surface area (Å²) in [6, 6.07) is 0.165. The van der Waals surface area contributed by atoms with E-state index in [-0.39, 0.29) is 23.8 Å². The molecule has 0 aliphatic heterocycles. The number of hydrogen-bond donors (Lipinski definition) is 4. The van der Waals surface area contributed by atoms with Crippen LogP contribution in [0, 0.1) is 0 Å². The quantitative estimate of drug-likeness (QED) is 0.317. The normalized spacial score (nSPS) is 13.5. The van der Waals surface area contributed by atoms with Crippen molar-refractivity contribution in [1.29, 1.82) is 0 Å². The van der Waals surface area contributed by atoms with Gasteiger partial charge in [-0.15, -0.1) is 0 Å². The first-order chi connectivity index (χ1) is 11.5. The van der Waals surface area contributed by atoms with E-state index in [9.17, 15) is 9.59 Å². The fraction of sp³-hybridized carbons (Fsp3) is 0.889. The summed E-state index contributed by atoms with van der Waals surface area (Å²) in [6.07, 6.45) is 7.04. The Bertz CT molecular complexity index is 337. The van der Waals surface area contributed by atoms with Gasteiger partial charge in [0.1, 0.15) is 5.78 Å². The van der Waals surface area contributed by atoms with Gasteiger partial charge in [-0.05, 0) is 66.8 Å². The third kappa shape index (κ3) is 13.5. The molecular formula is C18H38N4O2. The smallest absolute Gasteiger partial charge is 0.221 e. The first-order valence-electron chi connectivity index (χ1n) is 9.28. The van der Waals surface area contributed by atoms with Crippen LogP contribution in [0.15, 0.2) is 0 Å². The number of carbonyl (C=O) groups is 2. The van der Waals surface area contributed by atoms with Gasteiger partial charge in [-0.3, -0.25) is 9.59 Å². The molecule has 0 aromatic carbocycles. The van der Waals surface area contributed by atoms with Gasteiger partial charge >= 0.3 is 0 Å². The lowest BCUT2D eigenvalue weighted by Crippen LogP contribution is -2.40. The monoisotopic (exact) mass is 342 g/mol. The minimum absolute atomic E-state index is 0.0337. The predicted molar refractivity (Wildman–Crippen MR) is 100 cm³/mol. The zero-order valence-electron chi connectivity index (χ0n) is 16.0. The molecule has 0 aliphatic rings. The molecule has 0 saturated heterocycles. The summed E-state index contributed by atoms with van der Waals surface area (Å²) in [5.74, 6) is 0.175. The summed E-state index contributed by atoms with van der Waals surface area (Å²) < 4.78 is 0. The van der Waals surface area contributed by atoms with Gasteiger partial charge in [0.15, 0.2) is 0 Å². The van der Waals surface area contributed by atoms with Crippen molar-refractivity contribution in [1.82, 2.24) is 21.3 Å². The molecule has 0 aromatic rings. The van der Waals surface area contributed by atoms with Gasteiger partial charge in [0.25, 0.3) is 0 Å². The summed E-state index contributed by atoms with van der Waals surface area (Å²) in [7, 11) is 5.79. The van der Waals surface area contributed by atoms with E-state index in [2.05, 4.69) is 21.3 Å². The maximum atomic E-state index is 12.3. The molecule has 0 radical (unpaired) electrons. The predicted octanol–water partition coefficient (Wildman–Crippen LogP) is 1.21. The molecule has 0 bridgehead atoms. The average Bonchev–Trinajstić information content (AvgIpc) is 2.53. The summed E-state index contributed by atoms with van der Waals surface area (Å²) in [6.45, 7) is 3.57. The van der Waals surface area contributed by atoms with Crippen molar-refractivity contribution in [2.75, 3.05) is 34.2 Å². The van der Waals surface area contributed by atoms with Crippen molar-refractivity contribution >= 4 is 11.7 Å². The average molecular weight is 343 g/mol. The fourth-order valence-corrected chi connectivity index (χ4v) is 2.82. The molecule has 0 fully saturated rings. The maximum Gasteiger partial charge on any atom is 0.221 e. The number of ketones is 1. The standard InChI is InChI=1S/C18H38N4O2/c1-15(23)13-17(10-6-8-12-20-3)22-18(24)14-16(21-4)9-5-7-11-19-2/h16-17,19-21H,5-14H2,1-4H3,(H,22,24). The molecule has 6 heteroatoms. The van der Waals surface area contributed by atoms with E-state index in [1.165, 1.54) is 0 Å². The summed E-state index contributed by atoms with van der Waals surface area (Å²) >= 11 is 0. The Balaban J connectivity index is 4.22. The SMILES string of the molecule is CNCCCCC(CC(=O)NC(CCCCNC)CC(C)=O)NC. The highest BCUT2D eigenvalue weighted by molar-refractivity contribution is 5.79. The van der Waals surface area contributed by atoms with Crippen molar-refractivity contribution in [2.45, 2.75) is 70.4 Å². The van der Waals surface area contributed by atoms with Crippen molar-refractivity contribution in [3.8, 4) is 0 Å². The molecule has 142 valence electrons. The Hall–Kier alpha value is -0.980. The van der Waals surface area contributed by atoms with E-state index in [0.717, 1.165) is 51.6 Å². The molecule has 1 amide bonds. The summed E-state index contributed by atoms with van der Waals surface area (Å²) in [5.41, 5.74) is 0. The minimum atomic E-state index is -0.0337. The lowest BCUT2D eigenvalue weighted by Gasteiger charge is -2.20. The minimum Gasteiger partial charge on any atom is -0.353 e. The lowest BCUT2D eigenvalue weighted by atomic mass is 10.0. The Morgan fingerprint density at radius 3 is 1.79 bits per heavy atom. The topological polar surface area (TPSA) is 82.3 Å². The molecule has 0 aromatic heterocycles. The highest BCUT2D eigenvalue weighted by Crippen LogP contribution is 2.08. The van der Waals surface area contributed by atoms with E-state index in [0.29, 0.717) is 12.8 Å². The van der Waals surface area contributed by atoms with Gasteiger partial charge in [-0.1, -0.05) is 12.8 Å². The van der Waals surface area contributed by atoms with Gasteiger partial charge in [-0.25, -0.2) is 0 Å². The molecule has 2 atom stereocenters. The zero-order chi connectivity index (χ0) is 18.2. The first kappa shape index (κ1) is 23.0. The maximum absolute atomic E-state index is 12.3. The van der Waals surface area contributed by atoms with Crippen molar-refractivity contribution < 1.29 is 9.59 Å². The number of rotatable bonds is 16. The van der Waals surface area contributed by atoms with Crippen LogP contribution in [-0.4, -0.2) is 58.0 Å². The van der Waals surface area contributed by atoms with Crippen LogP contribution < -0.4 is 21.3 Å². The molecule has 6 nitrogen and oxygen atoms in total. The molecule has 0 spiro atoms. The van der Waals surface area contributed by atoms with Gasteiger partial charge in [0, 0.05) is 24.9 Å². The second-order valence-corrected chi connectivity index (χ2v) is 6.56. The second-order valence-electron chi connectivity index (χ2n) is 6.56. The first-order valence-corrected chi connectivity index (χ1v) is 9.28. The molecule has 0 saturated carbocycles. The Labute approximate surface area is 147 Å². The van der Waals surface area contributed by atoms with E-state index >= 15 is 0 Å². The number of amides is 1. The fourth-order valence-electron chi connectivity index (χ4n) is 2.82. The van der Waals surface area contributed by atoms with Crippen LogP contribution in [0.2, 0.25) is 0 Å². The highest BCUT2D eigenvalue weighted by Gasteiger charge is 2.17. The zero-order valence-corrected chi connectivity index (χ0v) is 16.0. The third-order valence-electron chi connectivity index (χ3n) is 4.20. The van der Waals surface area contributed by atoms with Crippen LogP contribution in [0.25, 0.3) is 0 Å². The summed E-state index contributed by atoms with van der Waals surface area (Å²) in [5, 5.41) is 12.5. The molecular weight excluding hydrogens is 304 g/mol. The van der Waals surface area contributed by atoms with Crippen molar-refractivity contribution in [3.05, 3.63) is 0 Å². The Morgan fingerprint density at radius 2 is 1.33 bits per heavy atom. The van der Waals surface area contributed by atoms with Crippen molar-refractivity contribution in [3.63, 3.8) is 0 Å². The van der Waals surface area contributed by atoms with Gasteiger partial charge in [0.2, 0.25) is 5.91 Å². The van der Waals surface area contributed by atoms with Crippen LogP contribution in [0.4, 0.5) is 0 Å². The molecule has 0 rings (SSSR count). The van der Waals surface area contributed by atoms with E-state index in [1.807, 2.05) is 21.1 Å². The molecule has 24 heavy (non-hydrogen) atoms. The van der Waals surface area contributed by atoms with Crippen LogP contribution in [0.5, 0.6) is 0 Å². The number of nitrogens with one attached hydrogen (secondary N) is 4. The van der Waals surface area contributed by atoms with Gasteiger partial charge in [-0.2, -0.15) is 0 Å². The second kappa shape index (κ2) is 15.5. The van der Waals surface area contributed by atoms with Gasteiger partial charge in [0.05, 0.1) is 0 Å². The Kier molecular flexibility index (Phi) is 14.9. The van der Waals surface area contributed by atoms with E-state index < -0.39 is 0 Å². The number of carbonyl (C=O) groups excluding carboxylic acids is 2. The highest BCUT2D eigenvalue weighted by atomic mass is 16.2. The third-order valence-corrected chi connectivity index (χ3v) is 4.20.